The van der Waals surface area contributed by atoms with Gasteiger partial charge in [-0.3, -0.25) is 9.59 Å². The maximum atomic E-state index is 13.0. The van der Waals surface area contributed by atoms with Crippen LogP contribution < -0.4 is 10.6 Å². The van der Waals surface area contributed by atoms with Crippen molar-refractivity contribution in [3.8, 4) is 0 Å². The van der Waals surface area contributed by atoms with E-state index in [0.29, 0.717) is 13.0 Å². The molecule has 5 nitrogen and oxygen atoms in total. The van der Waals surface area contributed by atoms with Crippen LogP contribution >= 0.6 is 0 Å². The Labute approximate surface area is 209 Å². The minimum absolute atomic E-state index is 0.00215. The number of benzene rings is 2. The van der Waals surface area contributed by atoms with Gasteiger partial charge in [-0.25, -0.2) is 0 Å². The van der Waals surface area contributed by atoms with E-state index in [1.807, 2.05) is 67.6 Å². The van der Waals surface area contributed by atoms with Gasteiger partial charge in [0.15, 0.2) is 0 Å². The first-order valence-corrected chi connectivity index (χ1v) is 13.1. The van der Waals surface area contributed by atoms with Gasteiger partial charge < -0.3 is 15.7 Å². The largest absolute Gasteiger partial charge is 0.392 e. The molecular formula is C30H40N2O3. The summed E-state index contributed by atoms with van der Waals surface area (Å²) in [6.45, 7) is 6.90. The second kappa shape index (κ2) is 10.9. The summed E-state index contributed by atoms with van der Waals surface area (Å²) >= 11 is 0. The molecule has 188 valence electrons. The van der Waals surface area contributed by atoms with Gasteiger partial charge in [-0.05, 0) is 60.0 Å². The van der Waals surface area contributed by atoms with Gasteiger partial charge in [0.25, 0.3) is 0 Å². The predicted octanol–water partition coefficient (Wildman–Crippen LogP) is 4.49. The van der Waals surface area contributed by atoms with Crippen molar-refractivity contribution in [1.82, 2.24) is 10.6 Å². The number of amides is 2. The molecule has 3 N–H and O–H groups in total. The maximum Gasteiger partial charge on any atom is 0.224 e. The van der Waals surface area contributed by atoms with Crippen LogP contribution in [0.4, 0.5) is 0 Å². The van der Waals surface area contributed by atoms with Gasteiger partial charge in [-0.2, -0.15) is 0 Å². The Balaban J connectivity index is 1.39. The number of carbonyl (C=O) groups excluding carboxylic acids is 2. The molecule has 0 aromatic heterocycles. The van der Waals surface area contributed by atoms with Crippen LogP contribution in [0, 0.1) is 29.1 Å². The molecule has 0 aliphatic heterocycles. The summed E-state index contributed by atoms with van der Waals surface area (Å²) in [6, 6.07) is 19.7. The van der Waals surface area contributed by atoms with Crippen molar-refractivity contribution >= 4 is 11.8 Å². The summed E-state index contributed by atoms with van der Waals surface area (Å²) in [5.74, 6) is -0.110. The molecule has 4 rings (SSSR count). The number of rotatable bonds is 7. The zero-order valence-corrected chi connectivity index (χ0v) is 21.2. The molecule has 2 aromatic carbocycles. The number of aliphatic hydroxyl groups excluding tert-OH is 1. The lowest BCUT2D eigenvalue weighted by Gasteiger charge is -2.56. The van der Waals surface area contributed by atoms with E-state index < -0.39 is 6.10 Å². The highest BCUT2D eigenvalue weighted by molar-refractivity contribution is 5.79. The molecule has 7 atom stereocenters. The molecule has 2 fully saturated rings. The molecule has 2 amide bonds. The van der Waals surface area contributed by atoms with Gasteiger partial charge in [0.1, 0.15) is 0 Å². The number of carbonyl (C=O) groups is 2. The number of hydrogen-bond donors (Lipinski definition) is 3. The van der Waals surface area contributed by atoms with E-state index in [-0.39, 0.29) is 46.9 Å². The third kappa shape index (κ3) is 5.78. The van der Waals surface area contributed by atoms with Crippen LogP contribution in [-0.4, -0.2) is 29.1 Å². The molecule has 0 heterocycles. The van der Waals surface area contributed by atoms with Crippen LogP contribution in [0.25, 0.3) is 0 Å². The van der Waals surface area contributed by atoms with Gasteiger partial charge in [-0.1, -0.05) is 81.4 Å². The highest BCUT2D eigenvalue weighted by Crippen LogP contribution is 2.55. The van der Waals surface area contributed by atoms with E-state index in [1.54, 1.807) is 0 Å². The van der Waals surface area contributed by atoms with Crippen molar-refractivity contribution < 1.29 is 14.7 Å². The molecule has 0 unspecified atom stereocenters. The van der Waals surface area contributed by atoms with E-state index in [0.717, 1.165) is 36.8 Å². The van der Waals surface area contributed by atoms with Crippen LogP contribution in [0.5, 0.6) is 0 Å². The Morgan fingerprint density at radius 2 is 1.60 bits per heavy atom. The van der Waals surface area contributed by atoms with Crippen LogP contribution in [-0.2, 0) is 22.6 Å². The van der Waals surface area contributed by atoms with Crippen molar-refractivity contribution in [2.75, 3.05) is 0 Å². The first-order chi connectivity index (χ1) is 16.8. The first kappa shape index (κ1) is 25.4. The molecule has 0 radical (unpaired) electrons. The third-order valence-corrected chi connectivity index (χ3v) is 8.81. The van der Waals surface area contributed by atoms with Gasteiger partial charge in [0.05, 0.1) is 12.5 Å². The van der Waals surface area contributed by atoms with Gasteiger partial charge >= 0.3 is 0 Å². The van der Waals surface area contributed by atoms with Crippen molar-refractivity contribution in [2.24, 2.45) is 29.1 Å². The molecule has 0 saturated heterocycles. The smallest absolute Gasteiger partial charge is 0.224 e. The zero-order valence-electron chi connectivity index (χ0n) is 21.2. The molecule has 2 saturated carbocycles. The van der Waals surface area contributed by atoms with E-state index in [2.05, 4.69) is 24.5 Å². The lowest BCUT2D eigenvalue weighted by Crippen LogP contribution is -2.58. The molecule has 2 aliphatic rings. The molecule has 0 spiro atoms. The van der Waals surface area contributed by atoms with Crippen molar-refractivity contribution in [2.45, 2.75) is 71.6 Å². The fourth-order valence-electron chi connectivity index (χ4n) is 6.68. The summed E-state index contributed by atoms with van der Waals surface area (Å²) < 4.78 is 0. The monoisotopic (exact) mass is 476 g/mol. The maximum absolute atomic E-state index is 13.0. The zero-order chi connectivity index (χ0) is 25.0. The van der Waals surface area contributed by atoms with Crippen molar-refractivity contribution in [3.05, 3.63) is 71.8 Å². The standard InChI is InChI=1S/C30H40N2O3/c1-20(29(35)31-19-23-12-8-5-9-13-23)24-14-16-30(3)17-15-25(21(2)27(30)28(24)34)32-26(33)18-22-10-6-4-7-11-22/h4-13,20-21,24-25,27-28,34H,14-19H2,1-3H3,(H,31,35)(H,32,33)/t20-,21-,24+,25-,27+,28-,30+/m0/s1. The van der Waals surface area contributed by atoms with E-state index in [9.17, 15) is 14.7 Å². The van der Waals surface area contributed by atoms with E-state index >= 15 is 0 Å². The summed E-state index contributed by atoms with van der Waals surface area (Å²) in [5.41, 5.74) is 2.11. The highest BCUT2D eigenvalue weighted by Gasteiger charge is 2.53. The fraction of sp³-hybridized carbons (Fsp3) is 0.533. The van der Waals surface area contributed by atoms with Crippen molar-refractivity contribution in [3.63, 3.8) is 0 Å². The third-order valence-electron chi connectivity index (χ3n) is 8.81. The minimum Gasteiger partial charge on any atom is -0.392 e. The van der Waals surface area contributed by atoms with Gasteiger partial charge in [-0.15, -0.1) is 0 Å². The topological polar surface area (TPSA) is 78.4 Å². The second-order valence-electron chi connectivity index (χ2n) is 11.1. The molecule has 0 bridgehead atoms. The summed E-state index contributed by atoms with van der Waals surface area (Å²) in [6.07, 6.45) is 3.58. The predicted molar refractivity (Wildman–Crippen MR) is 138 cm³/mol. The summed E-state index contributed by atoms with van der Waals surface area (Å²) in [7, 11) is 0. The Morgan fingerprint density at radius 3 is 2.26 bits per heavy atom. The van der Waals surface area contributed by atoms with Crippen LogP contribution in [0.3, 0.4) is 0 Å². The van der Waals surface area contributed by atoms with Gasteiger partial charge in [0, 0.05) is 18.5 Å². The van der Waals surface area contributed by atoms with Gasteiger partial charge in [0.2, 0.25) is 11.8 Å². The summed E-state index contributed by atoms with van der Waals surface area (Å²) in [5, 5.41) is 17.9. The lowest BCUT2D eigenvalue weighted by molar-refractivity contribution is -0.143. The number of aliphatic hydroxyl groups is 1. The Bertz CT molecular complexity index is 995. The first-order valence-electron chi connectivity index (χ1n) is 13.1. The Hall–Kier alpha value is -2.66. The van der Waals surface area contributed by atoms with Crippen molar-refractivity contribution in [1.29, 1.82) is 0 Å². The van der Waals surface area contributed by atoms with Crippen LogP contribution in [0.1, 0.15) is 57.6 Å². The van der Waals surface area contributed by atoms with Crippen LogP contribution in [0.15, 0.2) is 60.7 Å². The molecule has 35 heavy (non-hydrogen) atoms. The fourth-order valence-corrected chi connectivity index (χ4v) is 6.68. The number of nitrogens with one attached hydrogen (secondary N) is 2. The normalized spacial score (nSPS) is 31.1. The second-order valence-corrected chi connectivity index (χ2v) is 11.1. The minimum atomic E-state index is -0.560. The van der Waals surface area contributed by atoms with E-state index in [1.165, 1.54) is 0 Å². The Kier molecular flexibility index (Phi) is 7.95. The molecular weight excluding hydrogens is 436 g/mol. The SMILES string of the molecule is C[C@@H]1[C@@H]2[C@@H](O)[C@@H]([C@H](C)C(=O)NCc3ccccc3)CC[C@]2(C)CC[C@@H]1NC(=O)Cc1ccccc1. The lowest BCUT2D eigenvalue weighted by atomic mass is 9.51. The average molecular weight is 477 g/mol. The summed E-state index contributed by atoms with van der Waals surface area (Å²) in [4.78, 5) is 25.8. The molecule has 5 heteroatoms. The Morgan fingerprint density at radius 1 is 1.00 bits per heavy atom. The quantitative estimate of drug-likeness (QED) is 0.551. The molecule has 2 aromatic rings. The van der Waals surface area contributed by atoms with Crippen LogP contribution in [0.2, 0.25) is 0 Å². The molecule has 2 aliphatic carbocycles. The number of hydrogen-bond acceptors (Lipinski definition) is 3. The highest BCUT2D eigenvalue weighted by atomic mass is 16.3. The van der Waals surface area contributed by atoms with E-state index in [4.69, 9.17) is 0 Å². The number of fused-ring (bicyclic) bond motifs is 1. The average Bonchev–Trinajstić information content (AvgIpc) is 2.85.